The summed E-state index contributed by atoms with van der Waals surface area (Å²) in [6.45, 7) is 3.55. The lowest BCUT2D eigenvalue weighted by molar-refractivity contribution is -0.120. The third-order valence-electron chi connectivity index (χ3n) is 2.98. The van der Waals surface area contributed by atoms with Gasteiger partial charge in [0.2, 0.25) is 5.91 Å². The van der Waals surface area contributed by atoms with Gasteiger partial charge in [-0.15, -0.1) is 0 Å². The Morgan fingerprint density at radius 3 is 2.46 bits per heavy atom. The predicted molar refractivity (Wildman–Crippen MR) is 51.3 cm³/mol. The highest BCUT2D eigenvalue weighted by atomic mass is 16.3. The van der Waals surface area contributed by atoms with Crippen LogP contribution in [0.15, 0.2) is 0 Å². The van der Waals surface area contributed by atoms with E-state index in [1.54, 1.807) is 6.92 Å². The predicted octanol–water partition coefficient (Wildman–Crippen LogP) is 1.21. The van der Waals surface area contributed by atoms with Gasteiger partial charge in [0.15, 0.2) is 0 Å². The molecule has 1 amide bonds. The molecule has 0 aromatic rings. The van der Waals surface area contributed by atoms with Gasteiger partial charge >= 0.3 is 0 Å². The van der Waals surface area contributed by atoms with Gasteiger partial charge in [0.05, 0.1) is 5.60 Å². The molecule has 13 heavy (non-hydrogen) atoms. The summed E-state index contributed by atoms with van der Waals surface area (Å²) in [6.07, 6.45) is 4.26. The lowest BCUT2D eigenvalue weighted by atomic mass is 9.80. The summed E-state index contributed by atoms with van der Waals surface area (Å²) < 4.78 is 0. The summed E-state index contributed by atoms with van der Waals surface area (Å²) in [5.41, 5.74) is -0.463. The Labute approximate surface area is 79.5 Å². The van der Waals surface area contributed by atoms with Gasteiger partial charge in [-0.05, 0) is 32.1 Å². The molecular weight excluding hydrogens is 166 g/mol. The third kappa shape index (κ3) is 2.99. The maximum absolute atomic E-state index is 10.8. The van der Waals surface area contributed by atoms with Crippen LogP contribution in [0.5, 0.6) is 0 Å². The molecule has 3 nitrogen and oxygen atoms in total. The Hall–Kier alpha value is -0.570. The number of hydrogen-bond donors (Lipinski definition) is 2. The van der Waals surface area contributed by atoms with E-state index in [2.05, 4.69) is 5.32 Å². The first-order chi connectivity index (χ1) is 6.06. The zero-order valence-electron chi connectivity index (χ0n) is 8.47. The van der Waals surface area contributed by atoms with Gasteiger partial charge in [0, 0.05) is 13.0 Å². The average Bonchev–Trinajstić information content (AvgIpc) is 2.09. The first-order valence-electron chi connectivity index (χ1n) is 5.05. The number of amides is 1. The quantitative estimate of drug-likeness (QED) is 0.679. The lowest BCUT2D eigenvalue weighted by Crippen LogP contribution is -2.42. The van der Waals surface area contributed by atoms with Crippen LogP contribution >= 0.6 is 0 Å². The Kier molecular flexibility index (Phi) is 3.31. The molecule has 1 saturated carbocycles. The van der Waals surface area contributed by atoms with Crippen molar-refractivity contribution in [3.8, 4) is 0 Å². The maximum atomic E-state index is 10.8. The van der Waals surface area contributed by atoms with Crippen LogP contribution < -0.4 is 5.32 Å². The molecule has 3 heteroatoms. The number of rotatable bonds is 2. The normalized spacial score (nSPS) is 34.2. The van der Waals surface area contributed by atoms with Crippen molar-refractivity contribution in [2.75, 3.05) is 0 Å². The highest BCUT2D eigenvalue weighted by molar-refractivity contribution is 5.73. The smallest absolute Gasteiger partial charge is 0.217 e. The van der Waals surface area contributed by atoms with Gasteiger partial charge < -0.3 is 10.4 Å². The van der Waals surface area contributed by atoms with E-state index in [0.29, 0.717) is 0 Å². The highest BCUT2D eigenvalue weighted by Crippen LogP contribution is 2.30. The first-order valence-corrected chi connectivity index (χ1v) is 5.05. The number of carbonyl (C=O) groups is 1. The van der Waals surface area contributed by atoms with Crippen molar-refractivity contribution in [3.05, 3.63) is 0 Å². The second-order valence-corrected chi connectivity index (χ2v) is 4.05. The molecule has 0 saturated heterocycles. The van der Waals surface area contributed by atoms with Crippen LogP contribution in [0.3, 0.4) is 0 Å². The molecule has 0 aromatic heterocycles. The minimum atomic E-state index is -0.463. The summed E-state index contributed by atoms with van der Waals surface area (Å²) in [5, 5.41) is 12.8. The minimum absolute atomic E-state index is 0.0342. The van der Waals surface area contributed by atoms with E-state index in [1.165, 1.54) is 0 Å². The summed E-state index contributed by atoms with van der Waals surface area (Å²) in [4.78, 5) is 10.8. The van der Waals surface area contributed by atoms with Crippen LogP contribution in [0.4, 0.5) is 0 Å². The summed E-state index contributed by atoms with van der Waals surface area (Å²) >= 11 is 0. The van der Waals surface area contributed by atoms with Crippen LogP contribution in [-0.2, 0) is 4.79 Å². The van der Waals surface area contributed by atoms with Gasteiger partial charge in [0.25, 0.3) is 0 Å². The van der Waals surface area contributed by atoms with E-state index < -0.39 is 5.60 Å². The topological polar surface area (TPSA) is 49.3 Å². The van der Waals surface area contributed by atoms with Crippen molar-refractivity contribution in [3.63, 3.8) is 0 Å². The van der Waals surface area contributed by atoms with Crippen LogP contribution in [-0.4, -0.2) is 22.7 Å². The maximum Gasteiger partial charge on any atom is 0.217 e. The average molecular weight is 185 g/mol. The lowest BCUT2D eigenvalue weighted by Gasteiger charge is -2.35. The Morgan fingerprint density at radius 1 is 1.54 bits per heavy atom. The van der Waals surface area contributed by atoms with Crippen molar-refractivity contribution >= 4 is 5.91 Å². The molecule has 0 aromatic carbocycles. The van der Waals surface area contributed by atoms with Crippen molar-refractivity contribution in [2.45, 2.75) is 57.6 Å². The van der Waals surface area contributed by atoms with Crippen molar-refractivity contribution in [1.29, 1.82) is 0 Å². The van der Waals surface area contributed by atoms with E-state index in [9.17, 15) is 9.90 Å². The summed E-state index contributed by atoms with van der Waals surface area (Å²) in [5.74, 6) is 0.0342. The van der Waals surface area contributed by atoms with Crippen molar-refractivity contribution in [1.82, 2.24) is 5.32 Å². The number of nitrogens with one attached hydrogen (secondary N) is 1. The number of aliphatic hydroxyl groups is 1. The van der Waals surface area contributed by atoms with E-state index in [1.807, 2.05) is 6.92 Å². The zero-order valence-corrected chi connectivity index (χ0v) is 8.47. The van der Waals surface area contributed by atoms with Crippen molar-refractivity contribution < 1.29 is 9.90 Å². The summed E-state index contributed by atoms with van der Waals surface area (Å²) in [6, 6.07) is 0.282. The second kappa shape index (κ2) is 4.09. The number of hydrogen-bond acceptors (Lipinski definition) is 2. The molecule has 0 heterocycles. The SMILES string of the molecule is CCC1(O)CCC(NC(C)=O)CC1. The van der Waals surface area contributed by atoms with E-state index in [0.717, 1.165) is 32.1 Å². The fraction of sp³-hybridized carbons (Fsp3) is 0.900. The molecule has 0 spiro atoms. The standard InChI is InChI=1S/C10H19NO2/c1-3-10(13)6-4-9(5-7-10)11-8(2)12/h9,13H,3-7H2,1-2H3,(H,11,12). The highest BCUT2D eigenvalue weighted by Gasteiger charge is 2.31. The fourth-order valence-electron chi connectivity index (χ4n) is 1.94. The Morgan fingerprint density at radius 2 is 2.08 bits per heavy atom. The molecule has 1 fully saturated rings. The molecule has 0 atom stereocenters. The third-order valence-corrected chi connectivity index (χ3v) is 2.98. The van der Waals surface area contributed by atoms with Crippen molar-refractivity contribution in [2.24, 2.45) is 0 Å². The molecular formula is C10H19NO2. The molecule has 1 rings (SSSR count). The number of carbonyl (C=O) groups excluding carboxylic acids is 1. The molecule has 0 aliphatic heterocycles. The van der Waals surface area contributed by atoms with Crippen LogP contribution in [0, 0.1) is 0 Å². The van der Waals surface area contributed by atoms with Gasteiger partial charge in [-0.1, -0.05) is 6.92 Å². The van der Waals surface area contributed by atoms with Gasteiger partial charge in [-0.3, -0.25) is 4.79 Å². The van der Waals surface area contributed by atoms with Crippen LogP contribution in [0.1, 0.15) is 46.0 Å². The molecule has 1 aliphatic carbocycles. The Balaban J connectivity index is 2.34. The first kappa shape index (κ1) is 10.5. The molecule has 0 bridgehead atoms. The monoisotopic (exact) mass is 185 g/mol. The summed E-state index contributed by atoms with van der Waals surface area (Å²) in [7, 11) is 0. The second-order valence-electron chi connectivity index (χ2n) is 4.05. The molecule has 0 unspecified atom stereocenters. The largest absolute Gasteiger partial charge is 0.390 e. The van der Waals surface area contributed by atoms with Gasteiger partial charge in [0.1, 0.15) is 0 Å². The molecule has 1 aliphatic rings. The fourth-order valence-corrected chi connectivity index (χ4v) is 1.94. The minimum Gasteiger partial charge on any atom is -0.390 e. The van der Waals surface area contributed by atoms with E-state index in [-0.39, 0.29) is 11.9 Å². The molecule has 2 N–H and O–H groups in total. The van der Waals surface area contributed by atoms with E-state index >= 15 is 0 Å². The van der Waals surface area contributed by atoms with E-state index in [4.69, 9.17) is 0 Å². The molecule has 0 radical (unpaired) electrons. The zero-order chi connectivity index (χ0) is 9.90. The Bertz CT molecular complexity index is 183. The van der Waals surface area contributed by atoms with Gasteiger partial charge in [-0.2, -0.15) is 0 Å². The van der Waals surface area contributed by atoms with Crippen LogP contribution in [0.2, 0.25) is 0 Å². The molecule has 76 valence electrons. The van der Waals surface area contributed by atoms with Crippen LogP contribution in [0.25, 0.3) is 0 Å². The van der Waals surface area contributed by atoms with Gasteiger partial charge in [-0.25, -0.2) is 0 Å².